The zero-order valence-corrected chi connectivity index (χ0v) is 17.5. The maximum absolute atomic E-state index is 12.8. The van der Waals surface area contributed by atoms with Crippen molar-refractivity contribution in [3.8, 4) is 17.0 Å². The van der Waals surface area contributed by atoms with Crippen molar-refractivity contribution in [1.29, 1.82) is 0 Å². The number of phenols is 1. The highest BCUT2D eigenvalue weighted by molar-refractivity contribution is 6.36. The average Bonchev–Trinajstić information content (AvgIpc) is 3.55. The van der Waals surface area contributed by atoms with Crippen LogP contribution in [0.25, 0.3) is 16.9 Å². The lowest BCUT2D eigenvalue weighted by molar-refractivity contribution is -0.123. The van der Waals surface area contributed by atoms with Crippen LogP contribution in [0, 0.1) is 0 Å². The second kappa shape index (κ2) is 8.03. The van der Waals surface area contributed by atoms with Gasteiger partial charge in [-0.15, -0.1) is 0 Å². The average molecular weight is 423 g/mol. The highest BCUT2D eigenvalue weighted by atomic mass is 16.3. The van der Waals surface area contributed by atoms with Crippen LogP contribution >= 0.6 is 0 Å². The second-order valence-corrected chi connectivity index (χ2v) is 8.01. The van der Waals surface area contributed by atoms with Crippen LogP contribution in [0.3, 0.4) is 0 Å². The number of phenolic OH excluding ortho intramolecular Hbond substituents is 1. The minimum absolute atomic E-state index is 0.0589. The molecule has 0 unspecified atom stereocenters. The Hall–Kier alpha value is -3.81. The molecule has 1 saturated carbocycles. The number of aromatic nitrogens is 3. The minimum atomic E-state index is -0.389. The predicted molar refractivity (Wildman–Crippen MR) is 124 cm³/mol. The molecule has 2 aromatic carbocycles. The Morgan fingerprint density at radius 2 is 1.84 bits per heavy atom. The number of hydrogen-bond acceptors (Lipinski definition) is 5. The van der Waals surface area contributed by atoms with Crippen LogP contribution < -0.4 is 16.1 Å². The molecule has 1 amide bonds. The summed E-state index contributed by atoms with van der Waals surface area (Å²) >= 11 is 0. The van der Waals surface area contributed by atoms with Gasteiger partial charge in [0.1, 0.15) is 19.4 Å². The van der Waals surface area contributed by atoms with Crippen molar-refractivity contribution in [2.45, 2.75) is 18.3 Å². The van der Waals surface area contributed by atoms with Crippen molar-refractivity contribution < 1.29 is 9.90 Å². The largest absolute Gasteiger partial charge is 0.507 e. The number of carbonyl (C=O) groups is 1. The van der Waals surface area contributed by atoms with E-state index in [1.165, 1.54) is 0 Å². The SMILES string of the molecule is [B]c1cnn2c(NCCNC(=O)C3(c4ccccc4)CC3)cc(-c3ccccc3O)nc12. The number of hydrogen-bond donors (Lipinski definition) is 3. The summed E-state index contributed by atoms with van der Waals surface area (Å²) in [5.74, 6) is 0.864. The molecule has 3 N–H and O–H groups in total. The van der Waals surface area contributed by atoms with E-state index >= 15 is 0 Å². The highest BCUT2D eigenvalue weighted by Crippen LogP contribution is 2.48. The fraction of sp³-hybridized carbons (Fsp3) is 0.208. The van der Waals surface area contributed by atoms with Crippen LogP contribution in [-0.4, -0.2) is 46.5 Å². The van der Waals surface area contributed by atoms with Gasteiger partial charge in [-0.05, 0) is 36.0 Å². The molecule has 0 aliphatic heterocycles. The molecule has 0 bridgehead atoms. The van der Waals surface area contributed by atoms with E-state index in [1.54, 1.807) is 28.9 Å². The molecular weight excluding hydrogens is 401 g/mol. The molecule has 2 aromatic heterocycles. The van der Waals surface area contributed by atoms with Crippen molar-refractivity contribution in [3.05, 3.63) is 72.4 Å². The minimum Gasteiger partial charge on any atom is -0.507 e. The Kier molecular flexibility index (Phi) is 5.05. The fourth-order valence-corrected chi connectivity index (χ4v) is 4.00. The maximum Gasteiger partial charge on any atom is 0.230 e. The summed E-state index contributed by atoms with van der Waals surface area (Å²) < 4.78 is 1.62. The summed E-state index contributed by atoms with van der Waals surface area (Å²) in [6.07, 6.45) is 3.29. The van der Waals surface area contributed by atoms with Gasteiger partial charge in [0, 0.05) is 30.9 Å². The van der Waals surface area contributed by atoms with Gasteiger partial charge in [0.25, 0.3) is 0 Å². The molecule has 1 fully saturated rings. The number of carbonyl (C=O) groups excluding carboxylic acids is 1. The summed E-state index contributed by atoms with van der Waals surface area (Å²) in [6.45, 7) is 0.954. The number of amides is 1. The molecule has 1 aliphatic carbocycles. The van der Waals surface area contributed by atoms with E-state index < -0.39 is 0 Å². The molecule has 2 radical (unpaired) electrons. The summed E-state index contributed by atoms with van der Waals surface area (Å²) in [4.78, 5) is 17.4. The Morgan fingerprint density at radius 3 is 2.59 bits per heavy atom. The zero-order chi connectivity index (χ0) is 22.1. The van der Waals surface area contributed by atoms with Gasteiger partial charge in [-0.25, -0.2) is 4.98 Å². The van der Waals surface area contributed by atoms with Gasteiger partial charge in [-0.1, -0.05) is 42.5 Å². The molecule has 0 saturated heterocycles. The Bertz CT molecular complexity index is 1280. The molecule has 158 valence electrons. The van der Waals surface area contributed by atoms with E-state index in [9.17, 15) is 9.90 Å². The third-order valence-corrected chi connectivity index (χ3v) is 5.91. The van der Waals surface area contributed by atoms with Gasteiger partial charge >= 0.3 is 0 Å². The molecule has 32 heavy (non-hydrogen) atoms. The van der Waals surface area contributed by atoms with Crippen LogP contribution in [0.1, 0.15) is 18.4 Å². The Morgan fingerprint density at radius 1 is 1.09 bits per heavy atom. The molecule has 0 spiro atoms. The number of benzene rings is 2. The van der Waals surface area contributed by atoms with Crippen LogP contribution in [0.2, 0.25) is 0 Å². The van der Waals surface area contributed by atoms with Crippen LogP contribution in [0.5, 0.6) is 5.75 Å². The first-order valence-electron chi connectivity index (χ1n) is 10.6. The van der Waals surface area contributed by atoms with Crippen LogP contribution in [-0.2, 0) is 10.2 Å². The van der Waals surface area contributed by atoms with E-state index in [0.717, 1.165) is 18.4 Å². The molecule has 8 heteroatoms. The number of para-hydroxylation sites is 1. The van der Waals surface area contributed by atoms with E-state index in [-0.39, 0.29) is 17.1 Å². The van der Waals surface area contributed by atoms with Crippen LogP contribution in [0.15, 0.2) is 66.9 Å². The van der Waals surface area contributed by atoms with Crippen molar-refractivity contribution >= 4 is 30.7 Å². The molecular formula is C24H22BN5O2. The van der Waals surface area contributed by atoms with Gasteiger partial charge < -0.3 is 15.7 Å². The van der Waals surface area contributed by atoms with E-state index in [1.807, 2.05) is 42.5 Å². The van der Waals surface area contributed by atoms with Crippen molar-refractivity contribution in [2.24, 2.45) is 0 Å². The quantitative estimate of drug-likeness (QED) is 0.313. The number of rotatable bonds is 7. The number of fused-ring (bicyclic) bond motifs is 1. The first kappa shape index (κ1) is 20.1. The first-order valence-corrected chi connectivity index (χ1v) is 10.6. The first-order chi connectivity index (χ1) is 15.6. The number of anilines is 1. The summed E-state index contributed by atoms with van der Waals surface area (Å²) in [6, 6.07) is 18.7. The number of aromatic hydroxyl groups is 1. The maximum atomic E-state index is 12.8. The van der Waals surface area contributed by atoms with Gasteiger partial charge in [-0.3, -0.25) is 4.79 Å². The lowest BCUT2D eigenvalue weighted by Crippen LogP contribution is -2.37. The normalized spacial score (nSPS) is 14.2. The molecule has 2 heterocycles. The van der Waals surface area contributed by atoms with Crippen molar-refractivity contribution in [1.82, 2.24) is 19.9 Å². The van der Waals surface area contributed by atoms with Gasteiger partial charge in [0.2, 0.25) is 5.91 Å². The molecule has 5 rings (SSSR count). The van der Waals surface area contributed by atoms with Crippen molar-refractivity contribution in [3.63, 3.8) is 0 Å². The van der Waals surface area contributed by atoms with E-state index in [0.29, 0.717) is 41.3 Å². The lowest BCUT2D eigenvalue weighted by atomic mass is 9.95. The van der Waals surface area contributed by atoms with Gasteiger partial charge in [-0.2, -0.15) is 9.61 Å². The molecule has 7 nitrogen and oxygen atoms in total. The Labute approximate surface area is 186 Å². The summed E-state index contributed by atoms with van der Waals surface area (Å²) in [5.41, 5.74) is 2.80. The standard InChI is InChI=1S/C24H22BN5O2/c25-18-15-28-30-21(14-19(29-22(18)30)17-8-4-5-9-20(17)31)26-12-13-27-23(32)24(10-11-24)16-6-2-1-3-7-16/h1-9,14-15,26,31H,10-13H2,(H,27,32). The lowest BCUT2D eigenvalue weighted by Gasteiger charge is -2.16. The van der Waals surface area contributed by atoms with Gasteiger partial charge in [0.15, 0.2) is 5.65 Å². The number of nitrogens with one attached hydrogen (secondary N) is 2. The van der Waals surface area contributed by atoms with Crippen molar-refractivity contribution in [2.75, 3.05) is 18.4 Å². The topological polar surface area (TPSA) is 91.5 Å². The van der Waals surface area contributed by atoms with Crippen LogP contribution in [0.4, 0.5) is 5.82 Å². The molecule has 0 atom stereocenters. The Balaban J connectivity index is 1.31. The van der Waals surface area contributed by atoms with E-state index in [2.05, 4.69) is 20.7 Å². The number of nitrogens with zero attached hydrogens (tertiary/aromatic N) is 3. The monoisotopic (exact) mass is 423 g/mol. The van der Waals surface area contributed by atoms with E-state index in [4.69, 9.17) is 7.85 Å². The second-order valence-electron chi connectivity index (χ2n) is 8.01. The zero-order valence-electron chi connectivity index (χ0n) is 17.5. The third-order valence-electron chi connectivity index (χ3n) is 5.91. The molecule has 1 aliphatic rings. The molecule has 4 aromatic rings. The summed E-state index contributed by atoms with van der Waals surface area (Å²) in [5, 5.41) is 20.9. The van der Waals surface area contributed by atoms with Gasteiger partial charge in [0.05, 0.1) is 11.1 Å². The fourth-order valence-electron chi connectivity index (χ4n) is 4.00. The highest BCUT2D eigenvalue weighted by Gasteiger charge is 2.50. The summed E-state index contributed by atoms with van der Waals surface area (Å²) in [7, 11) is 6.04. The smallest absolute Gasteiger partial charge is 0.230 e. The predicted octanol–water partition coefficient (Wildman–Crippen LogP) is 2.16. The third kappa shape index (κ3) is 3.58.